The Kier molecular flexibility index (Phi) is 19.4. The van der Waals surface area contributed by atoms with Gasteiger partial charge < -0.3 is 25.5 Å². The number of hydrogen-bond acceptors (Lipinski definition) is 7. The summed E-state index contributed by atoms with van der Waals surface area (Å²) >= 11 is 0. The van der Waals surface area contributed by atoms with Gasteiger partial charge in [0.15, 0.2) is 0 Å². The summed E-state index contributed by atoms with van der Waals surface area (Å²) in [5.41, 5.74) is 4.53. The Morgan fingerprint density at radius 2 is 1.48 bits per heavy atom. The number of aromatic hydroxyl groups is 4. The molecule has 4 atom stereocenters. The lowest BCUT2D eigenvalue weighted by atomic mass is 9.71. The molecule has 286 valence electrons. The molecular weight excluding hydrogens is 649 g/mol. The van der Waals surface area contributed by atoms with Gasteiger partial charge in [-0.25, -0.2) is 0 Å². The number of nitrogens with zero attached hydrogens (tertiary/aromatic N) is 2. The Hall–Kier alpha value is -4.20. The molecule has 0 aromatic heterocycles. The van der Waals surface area contributed by atoms with Gasteiger partial charge in [-0.2, -0.15) is 10.5 Å². The van der Waals surface area contributed by atoms with Gasteiger partial charge in [0.2, 0.25) is 0 Å². The summed E-state index contributed by atoms with van der Waals surface area (Å²) in [5.74, 6) is 1.24. The first-order valence-electron chi connectivity index (χ1n) is 18.8. The largest absolute Gasteiger partial charge is 0.508 e. The van der Waals surface area contributed by atoms with Crippen molar-refractivity contribution in [1.82, 2.24) is 0 Å². The molecule has 0 saturated carbocycles. The van der Waals surface area contributed by atoms with Crippen molar-refractivity contribution in [3.8, 4) is 35.1 Å². The quantitative estimate of drug-likeness (QED) is 0.115. The molecule has 52 heavy (non-hydrogen) atoms. The number of allylic oxidation sites excluding steroid dienone is 4. The van der Waals surface area contributed by atoms with E-state index in [1.807, 2.05) is 26.0 Å². The first kappa shape index (κ1) is 45.8. The molecule has 0 amide bonds. The van der Waals surface area contributed by atoms with Crippen LogP contribution in [-0.4, -0.2) is 31.1 Å². The van der Waals surface area contributed by atoms with Crippen LogP contribution in [0.2, 0.25) is 0 Å². The number of aryl methyl sites for hydroxylation is 2. The predicted molar refractivity (Wildman–Crippen MR) is 214 cm³/mol. The molecule has 7 nitrogen and oxygen atoms in total. The number of phenols is 4. The van der Waals surface area contributed by atoms with Gasteiger partial charge in [-0.05, 0) is 113 Å². The Labute approximate surface area is 314 Å². The molecule has 2 aromatic carbocycles. The van der Waals surface area contributed by atoms with Crippen molar-refractivity contribution in [3.05, 3.63) is 82.0 Å². The number of rotatable bonds is 11. The summed E-state index contributed by atoms with van der Waals surface area (Å²) in [6.45, 7) is 18.5. The Morgan fingerprint density at radius 1 is 0.904 bits per heavy atom. The highest BCUT2D eigenvalue weighted by atomic mass is 16.3. The maximum atomic E-state index is 10.8. The van der Waals surface area contributed by atoms with Crippen LogP contribution in [0.25, 0.3) is 0 Å². The highest BCUT2D eigenvalue weighted by Crippen LogP contribution is 2.48. The Balaban J connectivity index is 0.000000426. The highest BCUT2D eigenvalue weighted by Gasteiger charge is 2.33. The first-order valence-corrected chi connectivity index (χ1v) is 18.8. The van der Waals surface area contributed by atoms with E-state index >= 15 is 0 Å². The lowest BCUT2D eigenvalue weighted by molar-refractivity contribution is 0.0903. The van der Waals surface area contributed by atoms with Gasteiger partial charge in [0.1, 0.15) is 35.1 Å². The zero-order valence-corrected chi connectivity index (χ0v) is 32.1. The molecule has 5 N–H and O–H groups in total. The summed E-state index contributed by atoms with van der Waals surface area (Å²) in [6.07, 6.45) is 17.8. The lowest BCUT2D eigenvalue weighted by Gasteiger charge is -2.34. The van der Waals surface area contributed by atoms with Crippen LogP contribution in [0.3, 0.4) is 0 Å². The summed E-state index contributed by atoms with van der Waals surface area (Å²) < 4.78 is 0. The molecule has 4 rings (SSSR count). The van der Waals surface area contributed by atoms with E-state index in [2.05, 4.69) is 59.4 Å². The maximum Gasteiger partial charge on any atom is 0.141 e. The Morgan fingerprint density at radius 3 is 1.96 bits per heavy atom. The fraction of sp³-hybridized carbons (Fsp3) is 0.556. The van der Waals surface area contributed by atoms with Crippen LogP contribution in [0, 0.1) is 40.4 Å². The molecule has 0 spiro atoms. The van der Waals surface area contributed by atoms with E-state index in [1.165, 1.54) is 17.2 Å². The van der Waals surface area contributed by atoms with Crippen molar-refractivity contribution in [3.63, 3.8) is 0 Å². The minimum absolute atomic E-state index is 0. The fourth-order valence-electron chi connectivity index (χ4n) is 6.99. The molecule has 2 aromatic rings. The lowest BCUT2D eigenvalue weighted by Crippen LogP contribution is -2.25. The van der Waals surface area contributed by atoms with Gasteiger partial charge in [0.05, 0.1) is 16.7 Å². The molecule has 0 saturated heterocycles. The Bertz CT molecular complexity index is 1600. The SMILES string of the molecule is C.C=C(C)[C@H]1C=C[C@@](C)(O)CC1.CCCCCc1cc(O)c([C@@H]2C=C(C)CC[C@H]2C(C)C)c(O)c1C#N.CCCCCc1cc(O)cc(O)c1C#N. The molecule has 0 aliphatic heterocycles. The van der Waals surface area contributed by atoms with E-state index in [-0.39, 0.29) is 41.9 Å². The number of unbranched alkanes of at least 4 members (excludes halogenated alkanes) is 4. The number of nitriles is 2. The van der Waals surface area contributed by atoms with Gasteiger partial charge in [0, 0.05) is 17.5 Å². The average Bonchev–Trinajstić information content (AvgIpc) is 3.05. The second-order valence-corrected chi connectivity index (χ2v) is 15.0. The second kappa shape index (κ2) is 22.0. The van der Waals surface area contributed by atoms with E-state index < -0.39 is 5.60 Å². The summed E-state index contributed by atoms with van der Waals surface area (Å²) in [6, 6.07) is 8.58. The summed E-state index contributed by atoms with van der Waals surface area (Å²) in [4.78, 5) is 0. The van der Waals surface area contributed by atoms with Gasteiger partial charge in [-0.15, -0.1) is 0 Å². The number of aliphatic hydroxyl groups is 1. The van der Waals surface area contributed by atoms with Crippen molar-refractivity contribution >= 4 is 0 Å². The summed E-state index contributed by atoms with van der Waals surface area (Å²) in [7, 11) is 0. The van der Waals surface area contributed by atoms with Crippen molar-refractivity contribution in [2.24, 2.45) is 17.8 Å². The number of benzene rings is 2. The topological polar surface area (TPSA) is 149 Å². The zero-order valence-electron chi connectivity index (χ0n) is 32.1. The summed E-state index contributed by atoms with van der Waals surface area (Å²) in [5, 5.41) is 68.3. The van der Waals surface area contributed by atoms with E-state index in [1.54, 1.807) is 12.1 Å². The van der Waals surface area contributed by atoms with Gasteiger partial charge in [0.25, 0.3) is 0 Å². The normalized spacial score (nSPS) is 20.5. The van der Waals surface area contributed by atoms with Crippen LogP contribution >= 0.6 is 0 Å². The van der Waals surface area contributed by atoms with Crippen molar-refractivity contribution in [2.75, 3.05) is 0 Å². The van der Waals surface area contributed by atoms with Crippen LogP contribution in [-0.2, 0) is 12.8 Å². The predicted octanol–water partition coefficient (Wildman–Crippen LogP) is 11.4. The third kappa shape index (κ3) is 13.4. The highest BCUT2D eigenvalue weighted by molar-refractivity contribution is 5.60. The smallest absolute Gasteiger partial charge is 0.141 e. The van der Waals surface area contributed by atoms with Crippen LogP contribution in [0.1, 0.15) is 154 Å². The van der Waals surface area contributed by atoms with Crippen molar-refractivity contribution in [2.45, 2.75) is 144 Å². The molecule has 2 aliphatic carbocycles. The van der Waals surface area contributed by atoms with Crippen molar-refractivity contribution in [1.29, 1.82) is 10.5 Å². The molecule has 2 aliphatic rings. The third-order valence-electron chi connectivity index (χ3n) is 10.2. The molecule has 7 heteroatoms. The molecular formula is C45H66N2O5. The average molecular weight is 715 g/mol. The minimum Gasteiger partial charge on any atom is -0.508 e. The van der Waals surface area contributed by atoms with Crippen molar-refractivity contribution < 1.29 is 25.5 Å². The zero-order chi connectivity index (χ0) is 38.3. The van der Waals surface area contributed by atoms with Gasteiger partial charge >= 0.3 is 0 Å². The molecule has 0 fully saturated rings. The van der Waals surface area contributed by atoms with E-state index in [4.69, 9.17) is 5.26 Å². The monoisotopic (exact) mass is 714 g/mol. The molecule has 0 radical (unpaired) electrons. The number of hydrogen-bond donors (Lipinski definition) is 5. The molecule has 0 bridgehead atoms. The second-order valence-electron chi connectivity index (χ2n) is 15.0. The van der Waals surface area contributed by atoms with Crippen LogP contribution in [0.5, 0.6) is 23.0 Å². The van der Waals surface area contributed by atoms with Crippen LogP contribution in [0.15, 0.2) is 54.2 Å². The van der Waals surface area contributed by atoms with Gasteiger partial charge in [-0.1, -0.05) is 96.8 Å². The first-order chi connectivity index (χ1) is 24.1. The van der Waals surface area contributed by atoms with Gasteiger partial charge in [-0.3, -0.25) is 0 Å². The van der Waals surface area contributed by atoms with Crippen LogP contribution in [0.4, 0.5) is 0 Å². The van der Waals surface area contributed by atoms with E-state index in [0.29, 0.717) is 35.3 Å². The van der Waals surface area contributed by atoms with E-state index in [0.717, 1.165) is 81.8 Å². The van der Waals surface area contributed by atoms with E-state index in [9.17, 15) is 30.8 Å². The maximum absolute atomic E-state index is 10.8. The molecule has 0 unspecified atom stereocenters. The fourth-order valence-corrected chi connectivity index (χ4v) is 6.99. The number of phenolic OH excluding ortho intramolecular Hbond substituents is 4. The van der Waals surface area contributed by atoms with Crippen LogP contribution < -0.4 is 0 Å². The third-order valence-corrected chi connectivity index (χ3v) is 10.2. The minimum atomic E-state index is -0.577. The standard InChI is InChI=1S/C22H31NO2.C12H15NO2.C10H16O.CH4/c1-5-6-7-8-16-12-20(24)21(22(25)19(16)13-23)18-11-15(4)9-10-17(18)14(2)3;1-2-3-4-5-9-6-10(14)7-12(15)11(9)8-13;1-8(2)9-4-6-10(3,11)7-5-9;/h11-12,14,17-18,24-25H,5-10H2,1-4H3;6-7,14-15H,2-5H2,1H3;4,6,9,11H,1,5,7H2,2-3H3;1H4/t17-,18+;;9-,10+;/m0.0./s1. The molecule has 0 heterocycles.